The molecule has 4 saturated carbocycles. The SMILES string of the molecule is CC(C)Cc1c(N)n[nH]c1C12CC3CC(CC(C)(C3)C1)C2. The molecule has 1 aromatic heterocycles. The molecule has 0 aromatic carbocycles. The van der Waals surface area contributed by atoms with Crippen LogP contribution in [0, 0.1) is 23.2 Å². The molecule has 0 spiro atoms. The van der Waals surface area contributed by atoms with Gasteiger partial charge in [0.2, 0.25) is 0 Å². The fourth-order valence-electron chi connectivity index (χ4n) is 6.45. The molecule has 4 aliphatic rings. The van der Waals surface area contributed by atoms with Gasteiger partial charge in [-0.25, -0.2) is 0 Å². The van der Waals surface area contributed by atoms with Crippen LogP contribution in [0.2, 0.25) is 0 Å². The average Bonchev–Trinajstić information content (AvgIpc) is 2.67. The molecule has 4 fully saturated rings. The summed E-state index contributed by atoms with van der Waals surface area (Å²) in [4.78, 5) is 0. The monoisotopic (exact) mass is 287 g/mol. The Labute approximate surface area is 128 Å². The molecule has 4 aliphatic carbocycles. The Kier molecular flexibility index (Phi) is 2.78. The molecule has 0 amide bonds. The van der Waals surface area contributed by atoms with Crippen LogP contribution >= 0.6 is 0 Å². The van der Waals surface area contributed by atoms with Crippen LogP contribution in [0.3, 0.4) is 0 Å². The Morgan fingerprint density at radius 2 is 1.90 bits per heavy atom. The number of anilines is 1. The Morgan fingerprint density at radius 1 is 1.24 bits per heavy atom. The van der Waals surface area contributed by atoms with Crippen molar-refractivity contribution in [3.63, 3.8) is 0 Å². The van der Waals surface area contributed by atoms with Crippen LogP contribution in [-0.2, 0) is 11.8 Å². The largest absolute Gasteiger partial charge is 0.382 e. The number of nitrogens with zero attached hydrogens (tertiary/aromatic N) is 1. The minimum absolute atomic E-state index is 0.355. The lowest BCUT2D eigenvalue weighted by atomic mass is 9.44. The highest BCUT2D eigenvalue weighted by Gasteiger charge is 2.57. The predicted octanol–water partition coefficient (Wildman–Crippen LogP) is 4.05. The quantitative estimate of drug-likeness (QED) is 0.881. The highest BCUT2D eigenvalue weighted by molar-refractivity contribution is 5.46. The Morgan fingerprint density at radius 3 is 2.48 bits per heavy atom. The van der Waals surface area contributed by atoms with E-state index in [4.69, 9.17) is 5.73 Å². The number of H-pyrrole nitrogens is 1. The third kappa shape index (κ3) is 2.03. The van der Waals surface area contributed by atoms with E-state index in [0.29, 0.717) is 16.7 Å². The van der Waals surface area contributed by atoms with E-state index in [2.05, 4.69) is 31.0 Å². The number of nitrogens with one attached hydrogen (secondary N) is 1. The molecule has 2 atom stereocenters. The van der Waals surface area contributed by atoms with Gasteiger partial charge in [0.25, 0.3) is 0 Å². The molecule has 116 valence electrons. The first-order chi connectivity index (χ1) is 9.89. The molecule has 0 saturated heterocycles. The fraction of sp³-hybridized carbons (Fsp3) is 0.833. The maximum absolute atomic E-state index is 6.20. The summed E-state index contributed by atoms with van der Waals surface area (Å²) in [6.45, 7) is 7.08. The summed E-state index contributed by atoms with van der Waals surface area (Å²) in [7, 11) is 0. The molecule has 1 heterocycles. The fourth-order valence-corrected chi connectivity index (χ4v) is 6.45. The van der Waals surface area contributed by atoms with Gasteiger partial charge in [0.15, 0.2) is 0 Å². The van der Waals surface area contributed by atoms with E-state index >= 15 is 0 Å². The number of hydrogen-bond donors (Lipinski definition) is 2. The lowest BCUT2D eigenvalue weighted by molar-refractivity contribution is -0.0634. The predicted molar refractivity (Wildman–Crippen MR) is 86.0 cm³/mol. The summed E-state index contributed by atoms with van der Waals surface area (Å²) in [6, 6.07) is 0. The number of nitrogen functional groups attached to an aromatic ring is 1. The zero-order valence-electron chi connectivity index (χ0n) is 13.7. The standard InChI is InChI=1S/C18H29N3/c1-11(2)4-14-15(20-21-16(14)19)18-8-12-5-13(9-18)7-17(3,6-12)10-18/h11-13H,4-10H2,1-3H3,(H3,19,20,21). The van der Waals surface area contributed by atoms with Crippen LogP contribution in [0.4, 0.5) is 5.82 Å². The van der Waals surface area contributed by atoms with E-state index in [1.807, 2.05) is 0 Å². The van der Waals surface area contributed by atoms with Gasteiger partial charge < -0.3 is 5.73 Å². The van der Waals surface area contributed by atoms with E-state index in [1.165, 1.54) is 49.8 Å². The normalized spacial score (nSPS) is 41.1. The molecular weight excluding hydrogens is 258 g/mol. The zero-order chi connectivity index (χ0) is 14.8. The first kappa shape index (κ1) is 13.7. The minimum Gasteiger partial charge on any atom is -0.382 e. The van der Waals surface area contributed by atoms with Gasteiger partial charge in [-0.15, -0.1) is 0 Å². The molecule has 1 aromatic rings. The van der Waals surface area contributed by atoms with Crippen molar-refractivity contribution >= 4 is 5.82 Å². The van der Waals surface area contributed by atoms with Gasteiger partial charge in [-0.2, -0.15) is 5.10 Å². The Hall–Kier alpha value is -0.990. The first-order valence-corrected chi connectivity index (χ1v) is 8.72. The molecule has 2 unspecified atom stereocenters. The Balaban J connectivity index is 1.76. The van der Waals surface area contributed by atoms with Crippen LogP contribution < -0.4 is 5.73 Å². The number of aromatic amines is 1. The number of hydrogen-bond acceptors (Lipinski definition) is 2. The third-order valence-corrected chi connectivity index (χ3v) is 6.40. The lowest BCUT2D eigenvalue weighted by Crippen LogP contribution is -2.53. The zero-order valence-corrected chi connectivity index (χ0v) is 13.7. The molecule has 3 N–H and O–H groups in total. The van der Waals surface area contributed by atoms with E-state index < -0.39 is 0 Å². The van der Waals surface area contributed by atoms with Crippen molar-refractivity contribution in [1.29, 1.82) is 0 Å². The maximum Gasteiger partial charge on any atom is 0.148 e. The van der Waals surface area contributed by atoms with Crippen molar-refractivity contribution in [3.8, 4) is 0 Å². The van der Waals surface area contributed by atoms with Crippen LogP contribution in [0.5, 0.6) is 0 Å². The van der Waals surface area contributed by atoms with E-state index in [1.54, 1.807) is 0 Å². The van der Waals surface area contributed by atoms with Crippen molar-refractivity contribution in [3.05, 3.63) is 11.3 Å². The van der Waals surface area contributed by atoms with Crippen LogP contribution in [-0.4, -0.2) is 10.2 Å². The first-order valence-electron chi connectivity index (χ1n) is 8.72. The summed E-state index contributed by atoms with van der Waals surface area (Å²) < 4.78 is 0. The molecular formula is C18H29N3. The second-order valence-electron chi connectivity index (χ2n) is 9.11. The van der Waals surface area contributed by atoms with Crippen molar-refractivity contribution in [1.82, 2.24) is 10.2 Å². The second-order valence-corrected chi connectivity index (χ2v) is 9.11. The van der Waals surface area contributed by atoms with Crippen molar-refractivity contribution < 1.29 is 0 Å². The average molecular weight is 287 g/mol. The van der Waals surface area contributed by atoms with Gasteiger partial charge in [-0.1, -0.05) is 20.8 Å². The van der Waals surface area contributed by atoms with Gasteiger partial charge in [-0.05, 0) is 68.1 Å². The van der Waals surface area contributed by atoms with E-state index in [-0.39, 0.29) is 0 Å². The van der Waals surface area contributed by atoms with Gasteiger partial charge in [0.05, 0.1) is 0 Å². The molecule has 3 nitrogen and oxygen atoms in total. The number of aromatic nitrogens is 2. The smallest absolute Gasteiger partial charge is 0.148 e. The molecule has 0 radical (unpaired) electrons. The van der Waals surface area contributed by atoms with Crippen molar-refractivity contribution in [2.75, 3.05) is 5.73 Å². The second kappa shape index (κ2) is 4.27. The molecule has 4 bridgehead atoms. The summed E-state index contributed by atoms with van der Waals surface area (Å²) in [5.74, 6) is 3.26. The maximum atomic E-state index is 6.20. The van der Waals surface area contributed by atoms with Gasteiger partial charge >= 0.3 is 0 Å². The van der Waals surface area contributed by atoms with Crippen LogP contribution in [0.1, 0.15) is 70.6 Å². The summed E-state index contributed by atoms with van der Waals surface area (Å²) in [5.41, 5.74) is 9.86. The summed E-state index contributed by atoms with van der Waals surface area (Å²) >= 11 is 0. The summed E-state index contributed by atoms with van der Waals surface area (Å²) in [6.07, 6.45) is 9.52. The summed E-state index contributed by atoms with van der Waals surface area (Å²) in [5, 5.41) is 7.78. The van der Waals surface area contributed by atoms with Crippen LogP contribution in [0.15, 0.2) is 0 Å². The lowest BCUT2D eigenvalue weighted by Gasteiger charge is -2.61. The molecule has 3 heteroatoms. The molecule has 21 heavy (non-hydrogen) atoms. The number of nitrogens with two attached hydrogens (primary N) is 1. The van der Waals surface area contributed by atoms with E-state index in [9.17, 15) is 0 Å². The number of rotatable bonds is 3. The Bertz CT molecular complexity index is 543. The van der Waals surface area contributed by atoms with Crippen molar-refractivity contribution in [2.24, 2.45) is 23.2 Å². The highest BCUT2D eigenvalue weighted by Crippen LogP contribution is 2.65. The third-order valence-electron chi connectivity index (χ3n) is 6.40. The molecule has 0 aliphatic heterocycles. The topological polar surface area (TPSA) is 54.7 Å². The van der Waals surface area contributed by atoms with Gasteiger partial charge in [0, 0.05) is 16.7 Å². The van der Waals surface area contributed by atoms with Gasteiger partial charge in [-0.3, -0.25) is 5.10 Å². The van der Waals surface area contributed by atoms with Crippen molar-refractivity contribution in [2.45, 2.75) is 71.1 Å². The minimum atomic E-state index is 0.355. The molecule has 5 rings (SSSR count). The van der Waals surface area contributed by atoms with Crippen LogP contribution in [0.25, 0.3) is 0 Å². The van der Waals surface area contributed by atoms with Gasteiger partial charge in [0.1, 0.15) is 5.82 Å². The van der Waals surface area contributed by atoms with E-state index in [0.717, 1.165) is 24.1 Å². The highest BCUT2D eigenvalue weighted by atomic mass is 15.2.